The molecule has 120 valence electrons. The standard InChI is InChI=1S/C19H17N3O2/c20-11-16-6-5-14(12-21-16)18(23)22-9-7-19(8-10-22)17-4-2-1-3-15(17)13-24-19/h1-6,12H,7-10,13H2. The SMILES string of the molecule is N#Cc1ccc(C(=O)N2CCC3(CC2)OCc2ccccc23)cn1. The molecule has 0 N–H and O–H groups in total. The Morgan fingerprint density at radius 2 is 2.00 bits per heavy atom. The molecule has 1 saturated heterocycles. The molecule has 0 saturated carbocycles. The van der Waals surface area contributed by atoms with Gasteiger partial charge in [0.1, 0.15) is 11.8 Å². The first-order chi connectivity index (χ1) is 11.7. The van der Waals surface area contributed by atoms with Crippen LogP contribution in [0, 0.1) is 11.3 Å². The van der Waals surface area contributed by atoms with Gasteiger partial charge in [0.15, 0.2) is 0 Å². The number of carbonyl (C=O) groups excluding carboxylic acids is 1. The van der Waals surface area contributed by atoms with Gasteiger partial charge in [0, 0.05) is 19.3 Å². The zero-order chi connectivity index (χ0) is 16.6. The fourth-order valence-corrected chi connectivity index (χ4v) is 3.64. The summed E-state index contributed by atoms with van der Waals surface area (Å²) >= 11 is 0. The molecule has 1 aromatic heterocycles. The third kappa shape index (κ3) is 2.36. The Hall–Kier alpha value is -2.71. The summed E-state index contributed by atoms with van der Waals surface area (Å²) in [5.74, 6) is -0.0341. The van der Waals surface area contributed by atoms with E-state index in [0.29, 0.717) is 31.0 Å². The number of amides is 1. The maximum absolute atomic E-state index is 12.6. The van der Waals surface area contributed by atoms with Crippen LogP contribution in [-0.4, -0.2) is 28.9 Å². The summed E-state index contributed by atoms with van der Waals surface area (Å²) in [4.78, 5) is 18.4. The Morgan fingerprint density at radius 3 is 2.71 bits per heavy atom. The second kappa shape index (κ2) is 5.73. The smallest absolute Gasteiger partial charge is 0.255 e. The van der Waals surface area contributed by atoms with Gasteiger partial charge in [-0.3, -0.25) is 4.79 Å². The van der Waals surface area contributed by atoms with Crippen molar-refractivity contribution in [3.63, 3.8) is 0 Å². The molecule has 4 rings (SSSR count). The number of hydrogen-bond donors (Lipinski definition) is 0. The highest BCUT2D eigenvalue weighted by molar-refractivity contribution is 5.94. The van der Waals surface area contributed by atoms with E-state index in [0.717, 1.165) is 12.8 Å². The molecule has 2 aliphatic heterocycles. The Balaban J connectivity index is 1.48. The second-order valence-corrected chi connectivity index (χ2v) is 6.28. The highest BCUT2D eigenvalue weighted by Gasteiger charge is 2.43. The fourth-order valence-electron chi connectivity index (χ4n) is 3.64. The van der Waals surface area contributed by atoms with Gasteiger partial charge in [-0.05, 0) is 36.1 Å². The van der Waals surface area contributed by atoms with E-state index in [1.807, 2.05) is 17.0 Å². The minimum absolute atomic E-state index is 0.0341. The lowest BCUT2D eigenvalue weighted by molar-refractivity contribution is -0.0741. The van der Waals surface area contributed by atoms with Crippen LogP contribution in [0.15, 0.2) is 42.6 Å². The molecule has 0 aliphatic carbocycles. The Labute approximate surface area is 140 Å². The largest absolute Gasteiger partial charge is 0.365 e. The van der Waals surface area contributed by atoms with Crippen LogP contribution < -0.4 is 0 Å². The van der Waals surface area contributed by atoms with Crippen LogP contribution in [0.3, 0.4) is 0 Å². The zero-order valence-corrected chi connectivity index (χ0v) is 13.2. The highest BCUT2D eigenvalue weighted by atomic mass is 16.5. The van der Waals surface area contributed by atoms with Gasteiger partial charge in [-0.2, -0.15) is 5.26 Å². The fraction of sp³-hybridized carbons (Fsp3) is 0.316. The first-order valence-corrected chi connectivity index (χ1v) is 8.10. The topological polar surface area (TPSA) is 66.2 Å². The van der Waals surface area contributed by atoms with Crippen molar-refractivity contribution >= 4 is 5.91 Å². The maximum atomic E-state index is 12.6. The van der Waals surface area contributed by atoms with E-state index in [2.05, 4.69) is 23.2 Å². The molecular formula is C19H17N3O2. The van der Waals surface area contributed by atoms with Crippen molar-refractivity contribution < 1.29 is 9.53 Å². The molecule has 0 bridgehead atoms. The minimum atomic E-state index is -0.240. The molecule has 5 nitrogen and oxygen atoms in total. The lowest BCUT2D eigenvalue weighted by atomic mass is 9.83. The average Bonchev–Trinajstić information content (AvgIpc) is 3.01. The van der Waals surface area contributed by atoms with Crippen molar-refractivity contribution in [3.05, 3.63) is 65.0 Å². The van der Waals surface area contributed by atoms with Crippen molar-refractivity contribution in [1.82, 2.24) is 9.88 Å². The van der Waals surface area contributed by atoms with Crippen molar-refractivity contribution in [1.29, 1.82) is 5.26 Å². The molecule has 1 aromatic carbocycles. The summed E-state index contributed by atoms with van der Waals surface area (Å²) < 4.78 is 6.13. The van der Waals surface area contributed by atoms with Gasteiger partial charge in [-0.25, -0.2) is 4.98 Å². The number of benzene rings is 1. The van der Waals surface area contributed by atoms with Crippen molar-refractivity contribution in [3.8, 4) is 6.07 Å². The van der Waals surface area contributed by atoms with Crippen LogP contribution in [0.5, 0.6) is 0 Å². The molecule has 0 unspecified atom stereocenters. The molecule has 24 heavy (non-hydrogen) atoms. The van der Waals surface area contributed by atoms with Crippen LogP contribution in [0.2, 0.25) is 0 Å². The Kier molecular flexibility index (Phi) is 3.55. The molecule has 5 heteroatoms. The van der Waals surface area contributed by atoms with E-state index in [1.54, 1.807) is 12.1 Å². The monoisotopic (exact) mass is 319 g/mol. The van der Waals surface area contributed by atoms with Crippen molar-refractivity contribution in [2.75, 3.05) is 13.1 Å². The first-order valence-electron chi connectivity index (χ1n) is 8.10. The lowest BCUT2D eigenvalue weighted by Crippen LogP contribution is -2.45. The summed E-state index contributed by atoms with van der Waals surface area (Å²) in [6.45, 7) is 1.98. The highest BCUT2D eigenvalue weighted by Crippen LogP contribution is 2.44. The second-order valence-electron chi connectivity index (χ2n) is 6.28. The van der Waals surface area contributed by atoms with E-state index in [9.17, 15) is 4.79 Å². The van der Waals surface area contributed by atoms with E-state index in [1.165, 1.54) is 17.3 Å². The number of rotatable bonds is 1. The van der Waals surface area contributed by atoms with E-state index in [-0.39, 0.29) is 11.5 Å². The first kappa shape index (κ1) is 14.9. The van der Waals surface area contributed by atoms with Gasteiger partial charge >= 0.3 is 0 Å². The van der Waals surface area contributed by atoms with Gasteiger partial charge in [0.25, 0.3) is 5.91 Å². The summed E-state index contributed by atoms with van der Waals surface area (Å²) in [6, 6.07) is 13.6. The minimum Gasteiger partial charge on any atom is -0.365 e. The third-order valence-corrected chi connectivity index (χ3v) is 5.00. The van der Waals surface area contributed by atoms with Gasteiger partial charge in [0.2, 0.25) is 0 Å². The van der Waals surface area contributed by atoms with Crippen LogP contribution in [0.1, 0.15) is 40.0 Å². The number of pyridine rings is 1. The summed E-state index contributed by atoms with van der Waals surface area (Å²) in [7, 11) is 0. The molecule has 2 aromatic rings. The van der Waals surface area contributed by atoms with Crippen LogP contribution in [0.4, 0.5) is 0 Å². The van der Waals surface area contributed by atoms with Gasteiger partial charge < -0.3 is 9.64 Å². The number of likely N-dealkylation sites (tertiary alicyclic amines) is 1. The number of aromatic nitrogens is 1. The van der Waals surface area contributed by atoms with Crippen molar-refractivity contribution in [2.45, 2.75) is 25.0 Å². The molecule has 1 fully saturated rings. The van der Waals surface area contributed by atoms with E-state index >= 15 is 0 Å². The number of hydrogen-bond acceptors (Lipinski definition) is 4. The number of nitrogens with zero attached hydrogens (tertiary/aromatic N) is 3. The molecule has 0 radical (unpaired) electrons. The van der Waals surface area contributed by atoms with Crippen LogP contribution in [-0.2, 0) is 16.9 Å². The number of carbonyl (C=O) groups is 1. The Morgan fingerprint density at radius 1 is 1.21 bits per heavy atom. The molecular weight excluding hydrogens is 302 g/mol. The molecule has 0 atom stereocenters. The zero-order valence-electron chi connectivity index (χ0n) is 13.2. The number of fused-ring (bicyclic) bond motifs is 2. The molecule has 2 aliphatic rings. The summed E-state index contributed by atoms with van der Waals surface area (Å²) in [5.41, 5.74) is 3.14. The van der Waals surface area contributed by atoms with E-state index < -0.39 is 0 Å². The third-order valence-electron chi connectivity index (χ3n) is 5.00. The van der Waals surface area contributed by atoms with Crippen LogP contribution in [0.25, 0.3) is 0 Å². The average molecular weight is 319 g/mol. The van der Waals surface area contributed by atoms with Crippen molar-refractivity contribution in [2.24, 2.45) is 0 Å². The predicted octanol–water partition coefficient (Wildman–Crippen LogP) is 2.61. The molecule has 1 amide bonds. The summed E-state index contributed by atoms with van der Waals surface area (Å²) in [6.07, 6.45) is 3.09. The maximum Gasteiger partial charge on any atom is 0.255 e. The predicted molar refractivity (Wildman–Crippen MR) is 87.0 cm³/mol. The normalized spacial score (nSPS) is 18.2. The summed E-state index contributed by atoms with van der Waals surface area (Å²) in [5, 5.41) is 8.79. The van der Waals surface area contributed by atoms with Gasteiger partial charge in [-0.15, -0.1) is 0 Å². The molecule has 3 heterocycles. The van der Waals surface area contributed by atoms with E-state index in [4.69, 9.17) is 10.00 Å². The Bertz CT molecular complexity index is 815. The van der Waals surface area contributed by atoms with Gasteiger partial charge in [0.05, 0.1) is 17.8 Å². The lowest BCUT2D eigenvalue weighted by Gasteiger charge is -2.39. The number of ether oxygens (including phenoxy) is 1. The number of nitriles is 1. The van der Waals surface area contributed by atoms with Gasteiger partial charge in [-0.1, -0.05) is 24.3 Å². The number of piperidine rings is 1. The molecule has 1 spiro atoms. The quantitative estimate of drug-likeness (QED) is 0.810. The van der Waals surface area contributed by atoms with Crippen LogP contribution >= 0.6 is 0 Å².